The highest BCUT2D eigenvalue weighted by atomic mass is 35.5. The molecule has 2 aromatic carbocycles. The Kier molecular flexibility index (Phi) is 4.72. The Morgan fingerprint density at radius 2 is 1.92 bits per heavy atom. The van der Waals surface area contributed by atoms with Crippen molar-refractivity contribution >= 4 is 38.1 Å². The number of hydrogen-bond donors (Lipinski definition) is 1. The molecule has 0 saturated heterocycles. The van der Waals surface area contributed by atoms with Gasteiger partial charge in [-0.15, -0.1) is 11.3 Å². The summed E-state index contributed by atoms with van der Waals surface area (Å²) >= 11 is 6.70. The number of benzene rings is 2. The number of nitriles is 1. The predicted octanol–water partition coefficient (Wildman–Crippen LogP) is 4.28. The molecule has 0 aliphatic heterocycles. The number of thiazole rings is 1. The van der Waals surface area contributed by atoms with Gasteiger partial charge in [0, 0.05) is 16.0 Å². The van der Waals surface area contributed by atoms with Gasteiger partial charge in [-0.05, 0) is 30.3 Å². The summed E-state index contributed by atoms with van der Waals surface area (Å²) in [6.45, 7) is 0. The standard InChI is InChI=1S/C16H9ClFN3O2S2/c17-12-5-6-15(13(18)7-12)25(22,23)21-16-20-14(9-24-16)11-3-1-10(8-19)2-4-11/h1-7,9H,(H,20,21). The first-order valence-corrected chi connectivity index (χ1v) is 9.57. The molecule has 5 nitrogen and oxygen atoms in total. The van der Waals surface area contributed by atoms with Gasteiger partial charge in [0.15, 0.2) is 5.13 Å². The fraction of sp³-hybridized carbons (Fsp3) is 0. The van der Waals surface area contributed by atoms with E-state index in [2.05, 4.69) is 9.71 Å². The molecule has 1 N–H and O–H groups in total. The number of aromatic nitrogens is 1. The number of nitrogens with one attached hydrogen (secondary N) is 1. The minimum atomic E-state index is -4.12. The molecule has 1 aromatic heterocycles. The van der Waals surface area contributed by atoms with Crippen molar-refractivity contribution in [2.75, 3.05) is 4.72 Å². The first kappa shape index (κ1) is 17.4. The van der Waals surface area contributed by atoms with Crippen LogP contribution in [0.2, 0.25) is 5.02 Å². The highest BCUT2D eigenvalue weighted by Crippen LogP contribution is 2.28. The highest BCUT2D eigenvalue weighted by Gasteiger charge is 2.21. The van der Waals surface area contributed by atoms with E-state index in [-0.39, 0.29) is 10.2 Å². The fourth-order valence-corrected chi connectivity index (χ4v) is 4.22. The zero-order valence-corrected chi connectivity index (χ0v) is 14.8. The summed E-state index contributed by atoms with van der Waals surface area (Å²) in [4.78, 5) is 3.68. The lowest BCUT2D eigenvalue weighted by Crippen LogP contribution is -2.14. The molecule has 3 rings (SSSR count). The Morgan fingerprint density at radius 1 is 1.20 bits per heavy atom. The van der Waals surface area contributed by atoms with E-state index in [9.17, 15) is 12.8 Å². The Bertz CT molecular complexity index is 1070. The van der Waals surface area contributed by atoms with Gasteiger partial charge in [-0.2, -0.15) is 5.26 Å². The molecule has 9 heteroatoms. The van der Waals surface area contributed by atoms with Crippen LogP contribution in [-0.4, -0.2) is 13.4 Å². The van der Waals surface area contributed by atoms with Crippen molar-refractivity contribution in [2.45, 2.75) is 4.90 Å². The average molecular weight is 394 g/mol. The topological polar surface area (TPSA) is 82.9 Å². The van der Waals surface area contributed by atoms with E-state index >= 15 is 0 Å². The maximum Gasteiger partial charge on any atom is 0.266 e. The first-order valence-electron chi connectivity index (χ1n) is 6.83. The van der Waals surface area contributed by atoms with Crippen molar-refractivity contribution in [1.29, 1.82) is 5.26 Å². The quantitative estimate of drug-likeness (QED) is 0.717. The van der Waals surface area contributed by atoms with E-state index in [0.717, 1.165) is 29.0 Å². The Labute approximate surface area is 152 Å². The van der Waals surface area contributed by atoms with Gasteiger partial charge in [-0.3, -0.25) is 4.72 Å². The van der Waals surface area contributed by atoms with Crippen LogP contribution >= 0.6 is 22.9 Å². The van der Waals surface area contributed by atoms with Crippen LogP contribution in [0, 0.1) is 17.1 Å². The third kappa shape index (κ3) is 3.79. The lowest BCUT2D eigenvalue weighted by molar-refractivity contribution is 0.570. The smallest absolute Gasteiger partial charge is 0.255 e. The molecule has 0 saturated carbocycles. The van der Waals surface area contributed by atoms with Crippen molar-refractivity contribution in [1.82, 2.24) is 4.98 Å². The van der Waals surface area contributed by atoms with Gasteiger partial charge < -0.3 is 0 Å². The van der Waals surface area contributed by atoms with Gasteiger partial charge in [0.25, 0.3) is 10.0 Å². The van der Waals surface area contributed by atoms with Crippen LogP contribution in [0.3, 0.4) is 0 Å². The molecular weight excluding hydrogens is 385 g/mol. The molecule has 0 aliphatic rings. The molecule has 0 spiro atoms. The normalized spacial score (nSPS) is 11.1. The molecule has 1 heterocycles. The molecular formula is C16H9ClFN3O2S2. The highest BCUT2D eigenvalue weighted by molar-refractivity contribution is 7.93. The van der Waals surface area contributed by atoms with Gasteiger partial charge in [0.05, 0.1) is 17.3 Å². The maximum absolute atomic E-state index is 13.8. The molecule has 0 atom stereocenters. The van der Waals surface area contributed by atoms with E-state index in [1.165, 1.54) is 6.07 Å². The molecule has 0 fully saturated rings. The Hall–Kier alpha value is -2.47. The maximum atomic E-state index is 13.8. The first-order chi connectivity index (χ1) is 11.9. The number of nitrogens with zero attached hydrogens (tertiary/aromatic N) is 2. The van der Waals surface area contributed by atoms with Gasteiger partial charge in [-0.1, -0.05) is 23.7 Å². The lowest BCUT2D eigenvalue weighted by Gasteiger charge is -2.06. The van der Waals surface area contributed by atoms with E-state index in [4.69, 9.17) is 16.9 Å². The van der Waals surface area contributed by atoms with Gasteiger partial charge in [-0.25, -0.2) is 17.8 Å². The van der Waals surface area contributed by atoms with Crippen molar-refractivity contribution < 1.29 is 12.8 Å². The summed E-state index contributed by atoms with van der Waals surface area (Å²) in [5.41, 5.74) is 1.79. The monoisotopic (exact) mass is 393 g/mol. The molecule has 0 unspecified atom stereocenters. The van der Waals surface area contributed by atoms with Crippen molar-refractivity contribution in [3.63, 3.8) is 0 Å². The zero-order valence-electron chi connectivity index (χ0n) is 12.4. The second kappa shape index (κ2) is 6.80. The zero-order chi connectivity index (χ0) is 18.0. The molecule has 0 radical (unpaired) electrons. The van der Waals surface area contributed by atoms with Crippen LogP contribution in [0.25, 0.3) is 11.3 Å². The molecule has 126 valence electrons. The van der Waals surface area contributed by atoms with E-state index in [0.29, 0.717) is 11.3 Å². The SMILES string of the molecule is N#Cc1ccc(-c2csc(NS(=O)(=O)c3ccc(Cl)cc3F)n2)cc1. The third-order valence-electron chi connectivity index (χ3n) is 3.22. The molecule has 0 amide bonds. The van der Waals surface area contributed by atoms with Crippen molar-refractivity contribution in [3.8, 4) is 17.3 Å². The van der Waals surface area contributed by atoms with Crippen LogP contribution in [0.1, 0.15) is 5.56 Å². The number of hydrogen-bond acceptors (Lipinski definition) is 5. The van der Waals surface area contributed by atoms with E-state index < -0.39 is 20.7 Å². The largest absolute Gasteiger partial charge is 0.266 e. The second-order valence-electron chi connectivity index (χ2n) is 4.91. The number of rotatable bonds is 4. The summed E-state index contributed by atoms with van der Waals surface area (Å²) in [7, 11) is -4.12. The minimum absolute atomic E-state index is 0.105. The summed E-state index contributed by atoms with van der Waals surface area (Å²) in [5.74, 6) is -0.941. The van der Waals surface area contributed by atoms with Crippen LogP contribution in [0.4, 0.5) is 9.52 Å². The minimum Gasteiger partial charge on any atom is -0.255 e. The van der Waals surface area contributed by atoms with Crippen LogP contribution < -0.4 is 4.72 Å². The van der Waals surface area contributed by atoms with E-state index in [1.54, 1.807) is 29.6 Å². The lowest BCUT2D eigenvalue weighted by atomic mass is 10.1. The van der Waals surface area contributed by atoms with Crippen LogP contribution in [-0.2, 0) is 10.0 Å². The second-order valence-corrected chi connectivity index (χ2v) is 7.85. The predicted molar refractivity (Wildman–Crippen MR) is 94.5 cm³/mol. The Balaban J connectivity index is 1.86. The number of sulfonamides is 1. The van der Waals surface area contributed by atoms with Crippen LogP contribution in [0.5, 0.6) is 0 Å². The molecule has 25 heavy (non-hydrogen) atoms. The molecule has 0 bridgehead atoms. The fourth-order valence-electron chi connectivity index (χ4n) is 2.03. The van der Waals surface area contributed by atoms with Gasteiger partial charge >= 0.3 is 0 Å². The number of anilines is 1. The summed E-state index contributed by atoms with van der Waals surface area (Å²) in [5, 5.41) is 10.7. The molecule has 0 aliphatic carbocycles. The van der Waals surface area contributed by atoms with Crippen LogP contribution in [0.15, 0.2) is 52.7 Å². The Morgan fingerprint density at radius 3 is 2.56 bits per heavy atom. The van der Waals surface area contributed by atoms with Gasteiger partial charge in [0.1, 0.15) is 10.7 Å². The summed E-state index contributed by atoms with van der Waals surface area (Å²) < 4.78 is 40.7. The molecule has 3 aromatic rings. The van der Waals surface area contributed by atoms with Crippen molar-refractivity contribution in [3.05, 3.63) is 64.2 Å². The summed E-state index contributed by atoms with van der Waals surface area (Å²) in [6, 6.07) is 12.0. The number of halogens is 2. The summed E-state index contributed by atoms with van der Waals surface area (Å²) in [6.07, 6.45) is 0. The third-order valence-corrected chi connectivity index (χ3v) is 5.71. The average Bonchev–Trinajstić information content (AvgIpc) is 3.02. The van der Waals surface area contributed by atoms with Crippen molar-refractivity contribution in [2.24, 2.45) is 0 Å². The van der Waals surface area contributed by atoms with E-state index in [1.807, 2.05) is 6.07 Å². The van der Waals surface area contributed by atoms with Gasteiger partial charge in [0.2, 0.25) is 0 Å².